The first-order chi connectivity index (χ1) is 12.7. The highest BCUT2D eigenvalue weighted by molar-refractivity contribution is 5.69. The van der Waals surface area contributed by atoms with Gasteiger partial charge >= 0.3 is 5.97 Å². The summed E-state index contributed by atoms with van der Waals surface area (Å²) in [6, 6.07) is 11.5. The predicted octanol–water partition coefficient (Wildman–Crippen LogP) is 2.24. The van der Waals surface area contributed by atoms with Crippen molar-refractivity contribution in [3.63, 3.8) is 0 Å². The average Bonchev–Trinajstić information content (AvgIpc) is 2.83. The number of pyridine rings is 1. The maximum absolute atomic E-state index is 10.9. The molecule has 0 spiro atoms. The Morgan fingerprint density at radius 1 is 1.35 bits per heavy atom. The summed E-state index contributed by atoms with van der Waals surface area (Å²) in [6.45, 7) is 3.01. The van der Waals surface area contributed by atoms with Crippen molar-refractivity contribution in [2.45, 2.75) is 13.0 Å². The highest BCUT2D eigenvalue weighted by Crippen LogP contribution is 2.28. The van der Waals surface area contributed by atoms with E-state index in [0.717, 1.165) is 35.8 Å². The molecule has 7 nitrogen and oxygen atoms in total. The Balaban J connectivity index is 1.46. The van der Waals surface area contributed by atoms with Crippen molar-refractivity contribution < 1.29 is 19.4 Å². The van der Waals surface area contributed by atoms with E-state index in [4.69, 9.17) is 14.6 Å². The van der Waals surface area contributed by atoms with Crippen molar-refractivity contribution in [2.75, 3.05) is 38.2 Å². The standard InChI is InChI=1S/C19H23N3O4/c23-19(24)14-22-9-11-26-17-12-16(6-5-15(17)13-22)25-10-3-8-21-18-4-1-2-7-20-18/h1-2,4-7,12H,3,8-11,13-14H2,(H,20,21)(H,23,24). The summed E-state index contributed by atoms with van der Waals surface area (Å²) in [6.07, 6.45) is 2.60. The van der Waals surface area contributed by atoms with E-state index in [2.05, 4.69) is 10.3 Å². The highest BCUT2D eigenvalue weighted by atomic mass is 16.5. The lowest BCUT2D eigenvalue weighted by atomic mass is 10.2. The van der Waals surface area contributed by atoms with E-state index in [1.807, 2.05) is 41.3 Å². The first-order valence-electron chi connectivity index (χ1n) is 8.68. The molecule has 0 fully saturated rings. The fourth-order valence-electron chi connectivity index (χ4n) is 2.77. The van der Waals surface area contributed by atoms with E-state index in [0.29, 0.717) is 26.3 Å². The lowest BCUT2D eigenvalue weighted by molar-refractivity contribution is -0.138. The number of aromatic nitrogens is 1. The minimum atomic E-state index is -0.826. The van der Waals surface area contributed by atoms with Gasteiger partial charge in [0.1, 0.15) is 23.9 Å². The second-order valence-electron chi connectivity index (χ2n) is 6.07. The van der Waals surface area contributed by atoms with Crippen LogP contribution in [0.4, 0.5) is 5.82 Å². The van der Waals surface area contributed by atoms with Crippen LogP contribution in [-0.2, 0) is 11.3 Å². The maximum Gasteiger partial charge on any atom is 0.317 e. The smallest absolute Gasteiger partial charge is 0.317 e. The molecule has 0 saturated carbocycles. The number of aliphatic carboxylic acids is 1. The van der Waals surface area contributed by atoms with Gasteiger partial charge in [-0.05, 0) is 24.6 Å². The van der Waals surface area contributed by atoms with E-state index >= 15 is 0 Å². The number of carboxylic acid groups (broad SMARTS) is 1. The maximum atomic E-state index is 10.9. The van der Waals surface area contributed by atoms with Crippen LogP contribution >= 0.6 is 0 Å². The minimum absolute atomic E-state index is 0.0182. The van der Waals surface area contributed by atoms with Gasteiger partial charge in [-0.2, -0.15) is 0 Å². The van der Waals surface area contributed by atoms with Gasteiger partial charge in [0.25, 0.3) is 0 Å². The quantitative estimate of drug-likeness (QED) is 0.701. The first kappa shape index (κ1) is 18.0. The fourth-order valence-corrected chi connectivity index (χ4v) is 2.77. The molecule has 0 radical (unpaired) electrons. The molecule has 1 aliphatic heterocycles. The molecule has 1 aliphatic rings. The molecule has 138 valence electrons. The summed E-state index contributed by atoms with van der Waals surface area (Å²) in [5.41, 5.74) is 0.980. The van der Waals surface area contributed by atoms with Crippen molar-refractivity contribution in [1.82, 2.24) is 9.88 Å². The van der Waals surface area contributed by atoms with Crippen molar-refractivity contribution in [3.05, 3.63) is 48.2 Å². The lowest BCUT2D eigenvalue weighted by Crippen LogP contribution is -2.31. The number of ether oxygens (including phenoxy) is 2. The number of anilines is 1. The largest absolute Gasteiger partial charge is 0.493 e. The summed E-state index contributed by atoms with van der Waals surface area (Å²) in [4.78, 5) is 17.0. The number of hydrogen-bond donors (Lipinski definition) is 2. The molecule has 1 aromatic carbocycles. The molecule has 0 atom stereocenters. The van der Waals surface area contributed by atoms with Gasteiger partial charge in [0, 0.05) is 37.5 Å². The molecule has 3 rings (SSSR count). The van der Waals surface area contributed by atoms with Gasteiger partial charge in [-0.1, -0.05) is 12.1 Å². The monoisotopic (exact) mass is 357 g/mol. The van der Waals surface area contributed by atoms with Gasteiger partial charge < -0.3 is 19.9 Å². The molecular formula is C19H23N3O4. The highest BCUT2D eigenvalue weighted by Gasteiger charge is 2.17. The van der Waals surface area contributed by atoms with Crippen molar-refractivity contribution >= 4 is 11.8 Å². The van der Waals surface area contributed by atoms with Crippen LogP contribution in [-0.4, -0.2) is 53.8 Å². The zero-order chi connectivity index (χ0) is 18.2. The third-order valence-electron chi connectivity index (χ3n) is 4.02. The number of hydrogen-bond acceptors (Lipinski definition) is 6. The Kier molecular flexibility index (Phi) is 6.27. The third kappa shape index (κ3) is 5.35. The predicted molar refractivity (Wildman–Crippen MR) is 97.7 cm³/mol. The number of carboxylic acids is 1. The molecule has 0 aliphatic carbocycles. The Bertz CT molecular complexity index is 724. The summed E-state index contributed by atoms with van der Waals surface area (Å²) in [5, 5.41) is 12.2. The SMILES string of the molecule is O=C(O)CN1CCOc2cc(OCCCNc3ccccn3)ccc2C1. The van der Waals surface area contributed by atoms with Gasteiger partial charge in [-0.25, -0.2) is 4.98 Å². The van der Waals surface area contributed by atoms with Crippen LogP contribution < -0.4 is 14.8 Å². The number of nitrogens with one attached hydrogen (secondary N) is 1. The van der Waals surface area contributed by atoms with Crippen LogP contribution in [0.2, 0.25) is 0 Å². The Labute approximate surface area is 152 Å². The topological polar surface area (TPSA) is 83.9 Å². The minimum Gasteiger partial charge on any atom is -0.493 e. The van der Waals surface area contributed by atoms with Gasteiger partial charge in [0.15, 0.2) is 0 Å². The number of rotatable bonds is 8. The average molecular weight is 357 g/mol. The molecule has 2 aromatic rings. The van der Waals surface area contributed by atoms with E-state index in [1.54, 1.807) is 6.20 Å². The van der Waals surface area contributed by atoms with Crippen LogP contribution in [0, 0.1) is 0 Å². The van der Waals surface area contributed by atoms with Gasteiger partial charge in [-0.3, -0.25) is 9.69 Å². The second-order valence-corrected chi connectivity index (χ2v) is 6.07. The fraction of sp³-hybridized carbons (Fsp3) is 0.368. The summed E-state index contributed by atoms with van der Waals surface area (Å²) in [7, 11) is 0. The summed E-state index contributed by atoms with van der Waals surface area (Å²) < 4.78 is 11.5. The first-order valence-corrected chi connectivity index (χ1v) is 8.68. The Morgan fingerprint density at radius 2 is 2.27 bits per heavy atom. The zero-order valence-electron chi connectivity index (χ0n) is 14.6. The normalized spacial score (nSPS) is 14.0. The molecule has 7 heteroatoms. The summed E-state index contributed by atoms with van der Waals surface area (Å²) >= 11 is 0. The molecule has 0 unspecified atom stereocenters. The lowest BCUT2D eigenvalue weighted by Gasteiger charge is -2.16. The molecule has 26 heavy (non-hydrogen) atoms. The zero-order valence-corrected chi connectivity index (χ0v) is 14.6. The van der Waals surface area contributed by atoms with E-state index in [-0.39, 0.29) is 6.54 Å². The second kappa shape index (κ2) is 9.05. The van der Waals surface area contributed by atoms with Crippen molar-refractivity contribution in [2.24, 2.45) is 0 Å². The number of fused-ring (bicyclic) bond motifs is 1. The summed E-state index contributed by atoms with van der Waals surface area (Å²) in [5.74, 6) is 1.56. The third-order valence-corrected chi connectivity index (χ3v) is 4.02. The van der Waals surface area contributed by atoms with E-state index in [9.17, 15) is 4.79 Å². The van der Waals surface area contributed by atoms with E-state index in [1.165, 1.54) is 0 Å². The van der Waals surface area contributed by atoms with Gasteiger partial charge in [0.05, 0.1) is 13.2 Å². The molecular weight excluding hydrogens is 334 g/mol. The van der Waals surface area contributed by atoms with Gasteiger partial charge in [-0.15, -0.1) is 0 Å². The Hall–Kier alpha value is -2.80. The van der Waals surface area contributed by atoms with Crippen LogP contribution in [0.5, 0.6) is 11.5 Å². The van der Waals surface area contributed by atoms with E-state index < -0.39 is 5.97 Å². The number of carbonyl (C=O) groups is 1. The molecule has 0 bridgehead atoms. The van der Waals surface area contributed by atoms with Crippen LogP contribution in [0.15, 0.2) is 42.6 Å². The molecule has 1 aromatic heterocycles. The van der Waals surface area contributed by atoms with Gasteiger partial charge in [0.2, 0.25) is 0 Å². The van der Waals surface area contributed by atoms with Crippen LogP contribution in [0.25, 0.3) is 0 Å². The number of benzene rings is 1. The van der Waals surface area contributed by atoms with Crippen LogP contribution in [0.1, 0.15) is 12.0 Å². The van der Waals surface area contributed by atoms with Crippen molar-refractivity contribution in [1.29, 1.82) is 0 Å². The van der Waals surface area contributed by atoms with Crippen molar-refractivity contribution in [3.8, 4) is 11.5 Å². The molecule has 2 heterocycles. The molecule has 0 saturated heterocycles. The number of nitrogens with zero attached hydrogens (tertiary/aromatic N) is 2. The molecule has 0 amide bonds. The molecule has 2 N–H and O–H groups in total. The Morgan fingerprint density at radius 3 is 3.08 bits per heavy atom. The van der Waals surface area contributed by atoms with Crippen LogP contribution in [0.3, 0.4) is 0 Å².